The number of hydrogen-bond acceptors (Lipinski definition) is 5. The molecule has 3 aromatic carbocycles. The lowest BCUT2D eigenvalue weighted by molar-refractivity contribution is 0.0813. The van der Waals surface area contributed by atoms with Crippen molar-refractivity contribution in [2.45, 2.75) is 51.8 Å². The number of aliphatic imine (C=N–C) groups is 2. The molecule has 2 aliphatic rings. The fourth-order valence-electron chi connectivity index (χ4n) is 4.95. The van der Waals surface area contributed by atoms with Crippen LogP contribution >= 0.6 is 0 Å². The van der Waals surface area contributed by atoms with Gasteiger partial charge in [-0.3, -0.25) is 0 Å². The number of rotatable bonds is 7. The van der Waals surface area contributed by atoms with Crippen molar-refractivity contribution < 1.29 is 9.47 Å². The molecule has 1 N–H and O–H groups in total. The third kappa shape index (κ3) is 4.95. The van der Waals surface area contributed by atoms with Crippen LogP contribution in [0.15, 0.2) is 88.8 Å². The van der Waals surface area contributed by atoms with Crippen LogP contribution in [0, 0.1) is 5.92 Å². The van der Waals surface area contributed by atoms with E-state index < -0.39 is 0 Å². The van der Waals surface area contributed by atoms with E-state index in [0.717, 1.165) is 28.9 Å². The average molecular weight is 468 g/mol. The zero-order valence-electron chi connectivity index (χ0n) is 20.9. The number of benzene rings is 3. The Labute approximate surface area is 207 Å². The first-order chi connectivity index (χ1) is 16.9. The van der Waals surface area contributed by atoms with E-state index in [2.05, 4.69) is 81.5 Å². The molecule has 0 spiro atoms. The number of ether oxygens (including phenoxy) is 2. The Bertz CT molecular complexity index is 1250. The van der Waals surface area contributed by atoms with Crippen LogP contribution in [0.4, 0.5) is 11.4 Å². The molecule has 0 radical (unpaired) electrons. The molecule has 0 saturated heterocycles. The second kappa shape index (κ2) is 9.57. The maximum atomic E-state index is 6.35. The van der Waals surface area contributed by atoms with Crippen LogP contribution < -0.4 is 5.32 Å². The Balaban J connectivity index is 1.41. The van der Waals surface area contributed by atoms with E-state index in [9.17, 15) is 0 Å². The predicted octanol–water partition coefficient (Wildman–Crippen LogP) is 6.40. The summed E-state index contributed by atoms with van der Waals surface area (Å²) in [5, 5.41) is 3.61. The molecular weight excluding hydrogens is 434 g/mol. The van der Waals surface area contributed by atoms with Crippen molar-refractivity contribution in [1.29, 1.82) is 0 Å². The first-order valence-corrected chi connectivity index (χ1v) is 12.4. The molecule has 0 bridgehead atoms. The van der Waals surface area contributed by atoms with E-state index >= 15 is 0 Å². The maximum Gasteiger partial charge on any atom is 0.219 e. The number of nitrogens with zero attached hydrogens (tertiary/aromatic N) is 2. The van der Waals surface area contributed by atoms with Crippen LogP contribution in [-0.2, 0) is 15.9 Å². The molecule has 5 rings (SSSR count). The first kappa shape index (κ1) is 23.2. The van der Waals surface area contributed by atoms with Gasteiger partial charge in [-0.25, -0.2) is 9.98 Å². The van der Waals surface area contributed by atoms with Crippen LogP contribution in [0.1, 0.15) is 44.4 Å². The molecule has 180 valence electrons. The van der Waals surface area contributed by atoms with Crippen LogP contribution in [-0.4, -0.2) is 36.1 Å². The first-order valence-electron chi connectivity index (χ1n) is 12.4. The lowest BCUT2D eigenvalue weighted by Crippen LogP contribution is -2.36. The Kier molecular flexibility index (Phi) is 6.33. The van der Waals surface area contributed by atoms with Crippen molar-refractivity contribution in [3.05, 3.63) is 95.6 Å². The van der Waals surface area contributed by atoms with Crippen molar-refractivity contribution >= 4 is 23.2 Å². The van der Waals surface area contributed by atoms with E-state index in [1.165, 1.54) is 5.56 Å². The highest BCUT2D eigenvalue weighted by Gasteiger charge is 2.41. The Morgan fingerprint density at radius 2 is 1.43 bits per heavy atom. The summed E-state index contributed by atoms with van der Waals surface area (Å²) in [5.74, 6) is 1.76. The molecule has 2 heterocycles. The Morgan fingerprint density at radius 1 is 0.829 bits per heavy atom. The third-order valence-electron chi connectivity index (χ3n) is 6.57. The van der Waals surface area contributed by atoms with E-state index in [-0.39, 0.29) is 17.7 Å². The lowest BCUT2D eigenvalue weighted by Gasteiger charge is -2.27. The summed E-state index contributed by atoms with van der Waals surface area (Å²) in [4.78, 5) is 9.88. The monoisotopic (exact) mass is 467 g/mol. The molecule has 35 heavy (non-hydrogen) atoms. The van der Waals surface area contributed by atoms with Gasteiger partial charge in [0, 0.05) is 0 Å². The molecule has 0 aliphatic carbocycles. The Morgan fingerprint density at radius 3 is 2.06 bits per heavy atom. The highest BCUT2D eigenvalue weighted by atomic mass is 16.5. The molecular formula is C30H33N3O2. The van der Waals surface area contributed by atoms with Crippen molar-refractivity contribution in [3.63, 3.8) is 0 Å². The zero-order chi connectivity index (χ0) is 24.4. The van der Waals surface area contributed by atoms with Crippen LogP contribution in [0.5, 0.6) is 0 Å². The molecule has 0 saturated carbocycles. The summed E-state index contributed by atoms with van der Waals surface area (Å²) in [5.41, 5.74) is 4.72. The second-order valence-electron chi connectivity index (χ2n) is 10.1. The maximum absolute atomic E-state index is 6.35. The van der Waals surface area contributed by atoms with Crippen LogP contribution in [0.25, 0.3) is 0 Å². The van der Waals surface area contributed by atoms with Gasteiger partial charge < -0.3 is 14.8 Å². The van der Waals surface area contributed by atoms with Crippen molar-refractivity contribution in [2.24, 2.45) is 15.9 Å². The highest BCUT2D eigenvalue weighted by molar-refractivity contribution is 6.04. The van der Waals surface area contributed by atoms with Gasteiger partial charge in [0.15, 0.2) is 0 Å². The smallest absolute Gasteiger partial charge is 0.219 e. The van der Waals surface area contributed by atoms with Gasteiger partial charge in [-0.2, -0.15) is 0 Å². The zero-order valence-corrected chi connectivity index (χ0v) is 20.9. The van der Waals surface area contributed by atoms with Gasteiger partial charge in [-0.1, -0.05) is 68.4 Å². The standard InChI is InChI=1S/C30H33N3O2/c1-20(2)27-30(3,4)35-29(33-27)24-15-9-11-17-26(24)32-25-16-10-8-14-23(25)28-31-22(19-34-28)18-21-12-6-5-7-13-21/h5-17,20,22,27,32H,18-19H2,1-4H3/t22-,27-/m0/s1. The SMILES string of the molecule is CC(C)[C@@H]1N=C(c2ccccc2Nc2ccccc2C2=N[C@@H](Cc3ccccc3)CO2)OC1(C)C. The molecule has 2 atom stereocenters. The minimum atomic E-state index is -0.339. The molecule has 5 heteroatoms. The van der Waals surface area contributed by atoms with E-state index in [0.29, 0.717) is 24.3 Å². The fourth-order valence-corrected chi connectivity index (χ4v) is 4.95. The number of anilines is 2. The van der Waals surface area contributed by atoms with E-state index in [1.54, 1.807) is 0 Å². The Hall–Kier alpha value is -3.60. The van der Waals surface area contributed by atoms with Gasteiger partial charge in [-0.05, 0) is 56.0 Å². The summed E-state index contributed by atoms with van der Waals surface area (Å²) in [6, 6.07) is 27.0. The van der Waals surface area contributed by atoms with Crippen molar-refractivity contribution in [2.75, 3.05) is 11.9 Å². The van der Waals surface area contributed by atoms with E-state index in [1.807, 2.05) is 30.3 Å². The molecule has 5 nitrogen and oxygen atoms in total. The average Bonchev–Trinajstić information content (AvgIpc) is 3.44. The van der Waals surface area contributed by atoms with Gasteiger partial charge in [0.25, 0.3) is 0 Å². The molecule has 0 unspecified atom stereocenters. The van der Waals surface area contributed by atoms with Gasteiger partial charge in [0.05, 0.1) is 34.6 Å². The number of hydrogen-bond donors (Lipinski definition) is 1. The number of para-hydroxylation sites is 2. The summed E-state index contributed by atoms with van der Waals surface area (Å²) in [6.45, 7) is 9.19. The predicted molar refractivity (Wildman–Crippen MR) is 143 cm³/mol. The fraction of sp³-hybridized carbons (Fsp3) is 0.333. The van der Waals surface area contributed by atoms with Crippen molar-refractivity contribution in [3.8, 4) is 0 Å². The summed E-state index contributed by atoms with van der Waals surface area (Å²) in [7, 11) is 0. The summed E-state index contributed by atoms with van der Waals surface area (Å²) >= 11 is 0. The topological polar surface area (TPSA) is 55.2 Å². The van der Waals surface area contributed by atoms with Gasteiger partial charge >= 0.3 is 0 Å². The normalized spacial score (nSPS) is 20.7. The van der Waals surface area contributed by atoms with Gasteiger partial charge in [-0.15, -0.1) is 0 Å². The van der Waals surface area contributed by atoms with Crippen molar-refractivity contribution in [1.82, 2.24) is 0 Å². The molecule has 2 aliphatic heterocycles. The van der Waals surface area contributed by atoms with Gasteiger partial charge in [0.1, 0.15) is 12.2 Å². The highest BCUT2D eigenvalue weighted by Crippen LogP contribution is 2.35. The second-order valence-corrected chi connectivity index (χ2v) is 10.1. The molecule has 0 amide bonds. The third-order valence-corrected chi connectivity index (χ3v) is 6.57. The molecule has 0 aromatic heterocycles. The summed E-state index contributed by atoms with van der Waals surface area (Å²) in [6.07, 6.45) is 0.868. The molecule has 0 fully saturated rings. The summed E-state index contributed by atoms with van der Waals surface area (Å²) < 4.78 is 12.4. The minimum absolute atomic E-state index is 0.112. The minimum Gasteiger partial charge on any atom is -0.475 e. The van der Waals surface area contributed by atoms with Gasteiger partial charge in [0.2, 0.25) is 11.8 Å². The quantitative estimate of drug-likeness (QED) is 0.437. The van der Waals surface area contributed by atoms with E-state index in [4.69, 9.17) is 19.5 Å². The lowest BCUT2D eigenvalue weighted by atomic mass is 9.90. The van der Waals surface area contributed by atoms with Crippen LogP contribution in [0.3, 0.4) is 0 Å². The number of nitrogens with one attached hydrogen (secondary N) is 1. The molecule has 3 aromatic rings. The van der Waals surface area contributed by atoms with Crippen LogP contribution in [0.2, 0.25) is 0 Å². The largest absolute Gasteiger partial charge is 0.475 e.